The van der Waals surface area contributed by atoms with Gasteiger partial charge in [0, 0.05) is 24.3 Å². The summed E-state index contributed by atoms with van der Waals surface area (Å²) in [7, 11) is 0. The van der Waals surface area contributed by atoms with Crippen molar-refractivity contribution in [1.82, 2.24) is 4.90 Å². The minimum Gasteiger partial charge on any atom is -0.342 e. The van der Waals surface area contributed by atoms with Crippen LogP contribution in [-0.2, 0) is 4.79 Å². The van der Waals surface area contributed by atoms with Gasteiger partial charge in [0.25, 0.3) is 0 Å². The topological polar surface area (TPSA) is 20.3 Å². The van der Waals surface area contributed by atoms with Gasteiger partial charge < -0.3 is 4.90 Å². The molecule has 2 nitrogen and oxygen atoms in total. The van der Waals surface area contributed by atoms with Gasteiger partial charge in [-0.3, -0.25) is 4.79 Å². The van der Waals surface area contributed by atoms with Crippen molar-refractivity contribution < 1.29 is 4.79 Å². The summed E-state index contributed by atoms with van der Waals surface area (Å²) in [5.41, 5.74) is 0. The number of likely N-dealkylation sites (tertiary alicyclic amines) is 1. The number of carbonyl (C=O) groups is 1. The number of amides is 1. The molecule has 1 aliphatic heterocycles. The van der Waals surface area contributed by atoms with E-state index in [0.717, 1.165) is 31.3 Å². The zero-order chi connectivity index (χ0) is 12.7. The second kappa shape index (κ2) is 8.12. The first-order valence-electron chi connectivity index (χ1n) is 7.07. The predicted octanol–water partition coefficient (Wildman–Crippen LogP) is 3.84. The summed E-state index contributed by atoms with van der Waals surface area (Å²) >= 11 is 3.55. The third-order valence-electron chi connectivity index (χ3n) is 3.80. The van der Waals surface area contributed by atoms with Crippen molar-refractivity contribution in [3.8, 4) is 0 Å². The molecule has 0 N–H and O–H groups in total. The number of rotatable bonds is 6. The zero-order valence-corrected chi connectivity index (χ0v) is 12.8. The van der Waals surface area contributed by atoms with Crippen LogP contribution in [0.25, 0.3) is 0 Å². The number of piperidine rings is 1. The number of carbonyl (C=O) groups excluding carboxylic acids is 1. The Bertz CT molecular complexity index is 232. The van der Waals surface area contributed by atoms with Crippen LogP contribution >= 0.6 is 15.9 Å². The quantitative estimate of drug-likeness (QED) is 0.683. The Morgan fingerprint density at radius 1 is 1.47 bits per heavy atom. The Balaban J connectivity index is 2.48. The highest BCUT2D eigenvalue weighted by Crippen LogP contribution is 2.22. The van der Waals surface area contributed by atoms with E-state index in [1.807, 2.05) is 0 Å². The third-order valence-corrected chi connectivity index (χ3v) is 4.71. The number of nitrogens with zero attached hydrogens (tertiary/aromatic N) is 1. The van der Waals surface area contributed by atoms with Crippen molar-refractivity contribution in [2.75, 3.05) is 18.4 Å². The van der Waals surface area contributed by atoms with Crippen LogP contribution in [0.2, 0.25) is 0 Å². The lowest BCUT2D eigenvalue weighted by Crippen LogP contribution is -2.43. The fraction of sp³-hybridized carbons (Fsp3) is 0.929. The molecule has 1 heterocycles. The first-order chi connectivity index (χ1) is 8.22. The lowest BCUT2D eigenvalue weighted by molar-refractivity contribution is -0.137. The van der Waals surface area contributed by atoms with Gasteiger partial charge in [0.15, 0.2) is 0 Å². The molecule has 3 heteroatoms. The van der Waals surface area contributed by atoms with Crippen LogP contribution in [0.5, 0.6) is 0 Å². The van der Waals surface area contributed by atoms with Crippen molar-refractivity contribution in [2.24, 2.45) is 11.8 Å². The van der Waals surface area contributed by atoms with E-state index in [4.69, 9.17) is 0 Å². The highest BCUT2D eigenvalue weighted by atomic mass is 79.9. The minimum absolute atomic E-state index is 0.268. The molecule has 0 aromatic heterocycles. The molecule has 17 heavy (non-hydrogen) atoms. The first-order valence-corrected chi connectivity index (χ1v) is 8.19. The average molecular weight is 304 g/mol. The van der Waals surface area contributed by atoms with Crippen LogP contribution in [0, 0.1) is 11.8 Å². The Morgan fingerprint density at radius 3 is 2.82 bits per heavy atom. The van der Waals surface area contributed by atoms with Crippen molar-refractivity contribution in [2.45, 2.75) is 52.4 Å². The van der Waals surface area contributed by atoms with Crippen LogP contribution < -0.4 is 0 Å². The van der Waals surface area contributed by atoms with Gasteiger partial charge >= 0.3 is 0 Å². The molecule has 1 aliphatic rings. The van der Waals surface area contributed by atoms with Gasteiger partial charge in [0.05, 0.1) is 0 Å². The van der Waals surface area contributed by atoms with Crippen LogP contribution in [0.4, 0.5) is 0 Å². The Morgan fingerprint density at radius 2 is 2.24 bits per heavy atom. The summed E-state index contributed by atoms with van der Waals surface area (Å²) in [6, 6.07) is 0. The summed E-state index contributed by atoms with van der Waals surface area (Å²) < 4.78 is 0. The fourth-order valence-electron chi connectivity index (χ4n) is 2.60. The smallest absolute Gasteiger partial charge is 0.225 e. The number of alkyl halides is 1. The monoisotopic (exact) mass is 303 g/mol. The van der Waals surface area contributed by atoms with Crippen molar-refractivity contribution in [3.05, 3.63) is 0 Å². The number of hydrogen-bond acceptors (Lipinski definition) is 1. The van der Waals surface area contributed by atoms with Gasteiger partial charge in [-0.05, 0) is 31.6 Å². The molecule has 100 valence electrons. The summed E-state index contributed by atoms with van der Waals surface area (Å²) in [6.07, 6.45) is 6.87. The summed E-state index contributed by atoms with van der Waals surface area (Å²) in [5, 5.41) is 1.03. The molecule has 0 radical (unpaired) electrons. The molecule has 1 rings (SSSR count). The van der Waals surface area contributed by atoms with Gasteiger partial charge in [-0.1, -0.05) is 42.6 Å². The number of hydrogen-bond donors (Lipinski definition) is 0. The van der Waals surface area contributed by atoms with Gasteiger partial charge in [-0.15, -0.1) is 0 Å². The molecule has 2 unspecified atom stereocenters. The van der Waals surface area contributed by atoms with E-state index in [9.17, 15) is 4.79 Å². The summed E-state index contributed by atoms with van der Waals surface area (Å²) in [4.78, 5) is 14.5. The van der Waals surface area contributed by atoms with Gasteiger partial charge in [0.2, 0.25) is 5.91 Å². The molecule has 1 amide bonds. The maximum atomic E-state index is 12.4. The van der Waals surface area contributed by atoms with Gasteiger partial charge in [-0.2, -0.15) is 0 Å². The fourth-order valence-corrected chi connectivity index (χ4v) is 3.13. The molecule has 2 atom stereocenters. The van der Waals surface area contributed by atoms with E-state index in [-0.39, 0.29) is 5.92 Å². The molecule has 1 saturated heterocycles. The third kappa shape index (κ3) is 4.61. The second-order valence-electron chi connectivity index (χ2n) is 5.19. The van der Waals surface area contributed by atoms with Crippen molar-refractivity contribution in [1.29, 1.82) is 0 Å². The standard InChI is InChI=1S/C14H26BrNO/c1-3-5-8-13(4-2)14(17)16-9-6-7-12(10-15)11-16/h12-13H,3-11H2,1-2H3. The number of unbranched alkanes of at least 4 members (excludes halogenated alkanes) is 1. The van der Waals surface area contributed by atoms with Gasteiger partial charge in [0.1, 0.15) is 0 Å². The van der Waals surface area contributed by atoms with E-state index in [1.165, 1.54) is 25.7 Å². The Hall–Kier alpha value is -0.0500. The first kappa shape index (κ1) is 15.0. The maximum absolute atomic E-state index is 12.4. The largest absolute Gasteiger partial charge is 0.342 e. The maximum Gasteiger partial charge on any atom is 0.225 e. The molecule has 0 aromatic rings. The molecule has 0 aliphatic carbocycles. The lowest BCUT2D eigenvalue weighted by atomic mass is 9.94. The molecular weight excluding hydrogens is 278 g/mol. The summed E-state index contributed by atoms with van der Waals surface area (Å²) in [6.45, 7) is 6.28. The van der Waals surface area contributed by atoms with Crippen LogP contribution in [0.15, 0.2) is 0 Å². The van der Waals surface area contributed by atoms with Crippen molar-refractivity contribution in [3.63, 3.8) is 0 Å². The molecular formula is C14H26BrNO. The van der Waals surface area contributed by atoms with Crippen LogP contribution in [-0.4, -0.2) is 29.2 Å². The molecule has 1 fully saturated rings. The lowest BCUT2D eigenvalue weighted by Gasteiger charge is -2.34. The normalized spacial score (nSPS) is 22.5. The molecule has 0 spiro atoms. The molecule has 0 bridgehead atoms. The molecule has 0 saturated carbocycles. The van der Waals surface area contributed by atoms with E-state index < -0.39 is 0 Å². The van der Waals surface area contributed by atoms with E-state index in [2.05, 4.69) is 34.7 Å². The predicted molar refractivity (Wildman–Crippen MR) is 76.4 cm³/mol. The summed E-state index contributed by atoms with van der Waals surface area (Å²) in [5.74, 6) is 1.34. The van der Waals surface area contributed by atoms with Gasteiger partial charge in [-0.25, -0.2) is 0 Å². The SMILES string of the molecule is CCCCC(CC)C(=O)N1CCCC(CBr)C1. The number of halogens is 1. The Labute approximate surface area is 114 Å². The van der Waals surface area contributed by atoms with Crippen LogP contribution in [0.3, 0.4) is 0 Å². The highest BCUT2D eigenvalue weighted by Gasteiger charge is 2.27. The van der Waals surface area contributed by atoms with E-state index >= 15 is 0 Å². The van der Waals surface area contributed by atoms with Crippen LogP contribution in [0.1, 0.15) is 52.4 Å². The Kier molecular flexibility index (Phi) is 7.17. The zero-order valence-electron chi connectivity index (χ0n) is 11.3. The minimum atomic E-state index is 0.268. The second-order valence-corrected chi connectivity index (χ2v) is 5.84. The van der Waals surface area contributed by atoms with E-state index in [0.29, 0.717) is 11.8 Å². The highest BCUT2D eigenvalue weighted by molar-refractivity contribution is 9.09. The van der Waals surface area contributed by atoms with E-state index in [1.54, 1.807) is 0 Å². The average Bonchev–Trinajstić information content (AvgIpc) is 2.39. The molecule has 0 aromatic carbocycles. The van der Waals surface area contributed by atoms with Crippen molar-refractivity contribution >= 4 is 21.8 Å².